The molecule has 0 heterocycles. The molecule has 3 nitrogen and oxygen atoms in total. The molecule has 0 fully saturated rings. The molecule has 13 heavy (non-hydrogen) atoms. The number of hydrogen-bond acceptors (Lipinski definition) is 3. The monoisotopic (exact) mass is 183 g/mol. The zero-order chi connectivity index (χ0) is 9.84. The van der Waals surface area contributed by atoms with Gasteiger partial charge < -0.3 is 14.6 Å². The Morgan fingerprint density at radius 3 is 2.85 bits per heavy atom. The maximum absolute atomic E-state index is 13.0. The summed E-state index contributed by atoms with van der Waals surface area (Å²) in [7, 11) is 1.35. The molecule has 0 aliphatic heterocycles. The molecule has 0 aliphatic rings. The molecule has 4 heteroatoms. The first-order valence-corrected chi connectivity index (χ1v) is 3.66. The minimum absolute atomic E-state index is 0.0185. The molecule has 0 saturated heterocycles. The number of methoxy groups -OCH3 is 1. The summed E-state index contributed by atoms with van der Waals surface area (Å²) < 4.78 is 17.8. The topological polar surface area (TPSA) is 49.4 Å². The van der Waals surface area contributed by atoms with E-state index in [1.807, 2.05) is 0 Å². The number of halogens is 1. The molecule has 0 N–H and O–H groups in total. The lowest BCUT2D eigenvalue weighted by Gasteiger charge is -2.09. The van der Waals surface area contributed by atoms with Crippen molar-refractivity contribution in [3.8, 4) is 5.75 Å². The van der Waals surface area contributed by atoms with Crippen LogP contribution in [0.25, 0.3) is 0 Å². The van der Waals surface area contributed by atoms with Gasteiger partial charge >= 0.3 is 0 Å². The molecule has 0 atom stereocenters. The van der Waals surface area contributed by atoms with E-state index in [-0.39, 0.29) is 11.3 Å². The number of carboxylic acids is 1. The lowest BCUT2D eigenvalue weighted by molar-refractivity contribution is -0.304. The van der Waals surface area contributed by atoms with Crippen molar-refractivity contribution < 1.29 is 19.0 Å². The van der Waals surface area contributed by atoms with Crippen LogP contribution in [0.1, 0.15) is 5.56 Å². The smallest absolute Gasteiger partial charge is 0.130 e. The van der Waals surface area contributed by atoms with Crippen molar-refractivity contribution in [3.63, 3.8) is 0 Å². The summed E-state index contributed by atoms with van der Waals surface area (Å²) in [4.78, 5) is 10.3. The molecule has 1 aromatic carbocycles. The van der Waals surface area contributed by atoms with Crippen molar-refractivity contribution in [2.45, 2.75) is 6.42 Å². The van der Waals surface area contributed by atoms with Gasteiger partial charge in [0.1, 0.15) is 11.6 Å². The normalized spacial score (nSPS) is 9.69. The van der Waals surface area contributed by atoms with Gasteiger partial charge in [-0.25, -0.2) is 4.39 Å². The minimum atomic E-state index is -1.33. The van der Waals surface area contributed by atoms with Crippen LogP contribution in [0.5, 0.6) is 5.75 Å². The van der Waals surface area contributed by atoms with Gasteiger partial charge in [-0.3, -0.25) is 0 Å². The standard InChI is InChI=1S/C9H9FO3/c1-13-8-4-2-3-7(10)6(8)5-9(11)12/h2-4H,5H2,1H3,(H,11,12)/p-1. The van der Waals surface area contributed by atoms with E-state index in [2.05, 4.69) is 0 Å². The molecule has 1 aromatic rings. The van der Waals surface area contributed by atoms with Crippen LogP contribution in [0.3, 0.4) is 0 Å². The van der Waals surface area contributed by atoms with Crippen LogP contribution >= 0.6 is 0 Å². The third-order valence-corrected chi connectivity index (χ3v) is 1.62. The zero-order valence-electron chi connectivity index (χ0n) is 7.04. The van der Waals surface area contributed by atoms with Crippen LogP contribution in [-0.2, 0) is 11.2 Å². The summed E-state index contributed by atoms with van der Waals surface area (Å²) >= 11 is 0. The van der Waals surface area contributed by atoms with E-state index in [4.69, 9.17) is 4.74 Å². The Bertz CT molecular complexity index is 323. The molecule has 0 saturated carbocycles. The predicted octanol–water partition coefficient (Wildman–Crippen LogP) is 0.127. The molecule has 1 rings (SSSR count). The van der Waals surface area contributed by atoms with E-state index < -0.39 is 18.2 Å². The molecular weight excluding hydrogens is 175 g/mol. The average Bonchev–Trinajstić information content (AvgIpc) is 2.08. The number of carboxylic acid groups (broad SMARTS) is 1. The Hall–Kier alpha value is -1.58. The SMILES string of the molecule is COc1cccc(F)c1CC(=O)[O-]. The average molecular weight is 183 g/mol. The van der Waals surface area contributed by atoms with Crippen molar-refractivity contribution in [1.82, 2.24) is 0 Å². The number of aliphatic carboxylic acids is 1. The summed E-state index contributed by atoms with van der Waals surface area (Å²) in [6, 6.07) is 4.13. The maximum Gasteiger partial charge on any atom is 0.130 e. The largest absolute Gasteiger partial charge is 0.550 e. The zero-order valence-corrected chi connectivity index (χ0v) is 7.04. The van der Waals surface area contributed by atoms with E-state index in [0.29, 0.717) is 0 Å². The van der Waals surface area contributed by atoms with Crippen LogP contribution in [0.15, 0.2) is 18.2 Å². The van der Waals surface area contributed by atoms with Crippen LogP contribution in [-0.4, -0.2) is 13.1 Å². The second-order valence-corrected chi connectivity index (χ2v) is 2.47. The van der Waals surface area contributed by atoms with Gasteiger partial charge in [-0.1, -0.05) is 6.07 Å². The highest BCUT2D eigenvalue weighted by Crippen LogP contribution is 2.21. The molecule has 0 unspecified atom stereocenters. The number of carbonyl (C=O) groups is 1. The number of hydrogen-bond donors (Lipinski definition) is 0. The van der Waals surface area contributed by atoms with Crippen molar-refractivity contribution in [2.75, 3.05) is 7.11 Å². The first-order valence-electron chi connectivity index (χ1n) is 3.66. The molecule has 0 aliphatic carbocycles. The summed E-state index contributed by atoms with van der Waals surface area (Å²) in [5.41, 5.74) is 0.0185. The van der Waals surface area contributed by atoms with E-state index in [9.17, 15) is 14.3 Å². The van der Waals surface area contributed by atoms with Crippen LogP contribution < -0.4 is 9.84 Å². The minimum Gasteiger partial charge on any atom is -0.550 e. The summed E-state index contributed by atoms with van der Waals surface area (Å²) in [5.74, 6) is -1.70. The molecule has 0 bridgehead atoms. The number of benzene rings is 1. The van der Waals surface area contributed by atoms with Crippen molar-refractivity contribution in [2.24, 2.45) is 0 Å². The number of carbonyl (C=O) groups excluding carboxylic acids is 1. The van der Waals surface area contributed by atoms with Crippen LogP contribution in [0, 0.1) is 5.82 Å². The van der Waals surface area contributed by atoms with Gasteiger partial charge in [0.2, 0.25) is 0 Å². The fourth-order valence-corrected chi connectivity index (χ4v) is 1.05. The Morgan fingerprint density at radius 1 is 1.62 bits per heavy atom. The third kappa shape index (κ3) is 2.18. The highest BCUT2D eigenvalue weighted by molar-refractivity contribution is 5.69. The second-order valence-electron chi connectivity index (χ2n) is 2.47. The van der Waals surface area contributed by atoms with Gasteiger partial charge in [0.05, 0.1) is 7.11 Å². The Morgan fingerprint density at radius 2 is 2.31 bits per heavy atom. The number of ether oxygens (including phenoxy) is 1. The molecule has 0 aromatic heterocycles. The van der Waals surface area contributed by atoms with Gasteiger partial charge in [-0.05, 0) is 12.1 Å². The lowest BCUT2D eigenvalue weighted by atomic mass is 10.1. The third-order valence-electron chi connectivity index (χ3n) is 1.62. The first kappa shape index (κ1) is 9.51. The number of rotatable bonds is 3. The van der Waals surface area contributed by atoms with Crippen LogP contribution in [0.4, 0.5) is 4.39 Å². The Labute approximate surface area is 74.8 Å². The molecule has 0 amide bonds. The highest BCUT2D eigenvalue weighted by atomic mass is 19.1. The quantitative estimate of drug-likeness (QED) is 0.669. The highest BCUT2D eigenvalue weighted by Gasteiger charge is 2.08. The van der Waals surface area contributed by atoms with E-state index in [0.717, 1.165) is 0 Å². The van der Waals surface area contributed by atoms with Crippen molar-refractivity contribution in [1.29, 1.82) is 0 Å². The van der Waals surface area contributed by atoms with Crippen molar-refractivity contribution >= 4 is 5.97 Å². The van der Waals surface area contributed by atoms with Gasteiger partial charge in [-0.2, -0.15) is 0 Å². The van der Waals surface area contributed by atoms with E-state index >= 15 is 0 Å². The van der Waals surface area contributed by atoms with E-state index in [1.54, 1.807) is 0 Å². The second kappa shape index (κ2) is 3.89. The molecular formula is C9H8FO3-. The van der Waals surface area contributed by atoms with Gasteiger partial charge in [0.25, 0.3) is 0 Å². The Balaban J connectivity index is 3.07. The summed E-state index contributed by atoms with van der Waals surface area (Å²) in [5, 5.41) is 10.3. The fraction of sp³-hybridized carbons (Fsp3) is 0.222. The van der Waals surface area contributed by atoms with Gasteiger partial charge in [0, 0.05) is 18.0 Å². The van der Waals surface area contributed by atoms with E-state index in [1.165, 1.54) is 25.3 Å². The maximum atomic E-state index is 13.0. The predicted molar refractivity (Wildman–Crippen MR) is 41.7 cm³/mol. The van der Waals surface area contributed by atoms with Crippen LogP contribution in [0.2, 0.25) is 0 Å². The first-order chi connectivity index (χ1) is 6.15. The molecule has 0 radical (unpaired) electrons. The Kier molecular flexibility index (Phi) is 2.84. The lowest BCUT2D eigenvalue weighted by Crippen LogP contribution is -2.25. The summed E-state index contributed by atoms with van der Waals surface area (Å²) in [6.45, 7) is 0. The molecule has 70 valence electrons. The van der Waals surface area contributed by atoms with Gasteiger partial charge in [-0.15, -0.1) is 0 Å². The van der Waals surface area contributed by atoms with Gasteiger partial charge in [0.15, 0.2) is 0 Å². The summed E-state index contributed by atoms with van der Waals surface area (Å²) in [6.07, 6.45) is -0.476. The van der Waals surface area contributed by atoms with Crippen molar-refractivity contribution in [3.05, 3.63) is 29.6 Å². The molecule has 0 spiro atoms. The fourth-order valence-electron chi connectivity index (χ4n) is 1.05.